The van der Waals surface area contributed by atoms with Gasteiger partial charge in [0, 0.05) is 12.6 Å². The van der Waals surface area contributed by atoms with Gasteiger partial charge in [-0.25, -0.2) is 4.98 Å². The molecule has 3 rings (SSSR count). The predicted molar refractivity (Wildman–Crippen MR) is 87.4 cm³/mol. The summed E-state index contributed by atoms with van der Waals surface area (Å²) in [4.78, 5) is 16.7. The highest BCUT2D eigenvalue weighted by atomic mass is 35.5. The molecule has 3 aromatic rings. The van der Waals surface area contributed by atoms with Gasteiger partial charge in [0.1, 0.15) is 5.69 Å². The van der Waals surface area contributed by atoms with Gasteiger partial charge >= 0.3 is 6.18 Å². The quantitative estimate of drug-likeness (QED) is 0.607. The largest absolute Gasteiger partial charge is 0.416 e. The van der Waals surface area contributed by atoms with Gasteiger partial charge in [-0.15, -0.1) is 0 Å². The predicted octanol–water partition coefficient (Wildman–Crippen LogP) is 4.93. The number of hydrogen-bond donors (Lipinski definition) is 0. The monoisotopic (exact) mass is 372 g/mol. The zero-order valence-corrected chi connectivity index (χ0v) is 13.7. The summed E-state index contributed by atoms with van der Waals surface area (Å²) < 4.78 is 39.3. The van der Waals surface area contributed by atoms with Crippen LogP contribution in [-0.4, -0.2) is 9.55 Å². The number of nitrogens with zero attached hydrogens (tertiary/aromatic N) is 2. The van der Waals surface area contributed by atoms with Crippen LogP contribution in [0, 0.1) is 0 Å². The molecule has 2 aromatic carbocycles. The number of benzene rings is 2. The zero-order valence-electron chi connectivity index (χ0n) is 12.2. The molecule has 3 nitrogen and oxygen atoms in total. The van der Waals surface area contributed by atoms with Crippen molar-refractivity contribution in [1.82, 2.24) is 9.55 Å². The number of aryl methyl sites for hydroxylation is 1. The van der Waals surface area contributed by atoms with Crippen LogP contribution in [0.1, 0.15) is 5.56 Å². The van der Waals surface area contributed by atoms with E-state index in [1.165, 1.54) is 35.9 Å². The van der Waals surface area contributed by atoms with Crippen molar-refractivity contribution in [2.75, 3.05) is 0 Å². The molecule has 0 atom stereocenters. The lowest BCUT2D eigenvalue weighted by Gasteiger charge is -2.10. The van der Waals surface area contributed by atoms with Crippen molar-refractivity contribution < 1.29 is 13.2 Å². The van der Waals surface area contributed by atoms with E-state index in [1.54, 1.807) is 0 Å². The van der Waals surface area contributed by atoms with Crippen molar-refractivity contribution in [1.29, 1.82) is 0 Å². The summed E-state index contributed by atoms with van der Waals surface area (Å²) in [5.41, 5.74) is -0.0144. The Morgan fingerprint density at radius 2 is 1.62 bits per heavy atom. The molecule has 24 heavy (non-hydrogen) atoms. The zero-order chi connectivity index (χ0) is 17.6. The standard InChI is InChI=1S/C16H9Cl2F3N2O/c1-23-13-7-11(18)10(17)6-12(13)22-14(15(23)24)8-2-4-9(5-3-8)16(19,20)21/h2-7H,1H3. The Labute approximate surface area is 144 Å². The topological polar surface area (TPSA) is 34.9 Å². The molecule has 0 aliphatic carbocycles. The van der Waals surface area contributed by atoms with Gasteiger partial charge < -0.3 is 4.57 Å². The molecular formula is C16H9Cl2F3N2O. The lowest BCUT2D eigenvalue weighted by molar-refractivity contribution is -0.137. The molecule has 0 fully saturated rings. The lowest BCUT2D eigenvalue weighted by atomic mass is 10.1. The highest BCUT2D eigenvalue weighted by Gasteiger charge is 2.30. The number of alkyl halides is 3. The molecule has 1 heterocycles. The van der Waals surface area contributed by atoms with E-state index in [0.717, 1.165) is 12.1 Å². The number of halogens is 5. The second-order valence-corrected chi connectivity index (χ2v) is 5.97. The van der Waals surface area contributed by atoms with Crippen LogP contribution in [0.3, 0.4) is 0 Å². The van der Waals surface area contributed by atoms with Crippen LogP contribution in [0.25, 0.3) is 22.3 Å². The van der Waals surface area contributed by atoms with E-state index in [2.05, 4.69) is 4.98 Å². The van der Waals surface area contributed by atoms with Crippen LogP contribution in [0.4, 0.5) is 13.2 Å². The maximum absolute atomic E-state index is 12.6. The van der Waals surface area contributed by atoms with Gasteiger partial charge in [0.2, 0.25) is 0 Å². The van der Waals surface area contributed by atoms with Crippen LogP contribution < -0.4 is 5.56 Å². The van der Waals surface area contributed by atoms with Crippen LogP contribution in [0.5, 0.6) is 0 Å². The van der Waals surface area contributed by atoms with Crippen LogP contribution in [0.2, 0.25) is 10.0 Å². The average molecular weight is 373 g/mol. The van der Waals surface area contributed by atoms with Crippen LogP contribution in [0.15, 0.2) is 41.2 Å². The minimum absolute atomic E-state index is 0.0390. The van der Waals surface area contributed by atoms with Crippen molar-refractivity contribution >= 4 is 34.2 Å². The first-order valence-electron chi connectivity index (χ1n) is 6.72. The molecule has 0 amide bonds. The van der Waals surface area contributed by atoms with Crippen LogP contribution in [-0.2, 0) is 13.2 Å². The van der Waals surface area contributed by atoms with E-state index in [4.69, 9.17) is 23.2 Å². The Bertz CT molecular complexity index is 995. The number of rotatable bonds is 1. The maximum Gasteiger partial charge on any atom is 0.416 e. The fraction of sp³-hybridized carbons (Fsp3) is 0.125. The van der Waals surface area contributed by atoms with Crippen molar-refractivity contribution in [3.8, 4) is 11.3 Å². The Kier molecular flexibility index (Phi) is 4.05. The Hall–Kier alpha value is -2.05. The van der Waals surface area contributed by atoms with E-state index in [1.807, 2.05) is 0 Å². The fourth-order valence-corrected chi connectivity index (χ4v) is 2.64. The molecule has 0 saturated heterocycles. The average Bonchev–Trinajstić information content (AvgIpc) is 2.52. The summed E-state index contributed by atoms with van der Waals surface area (Å²) in [6, 6.07) is 7.28. The molecule has 0 N–H and O–H groups in total. The van der Waals surface area contributed by atoms with Gasteiger partial charge in [0.25, 0.3) is 5.56 Å². The Morgan fingerprint density at radius 1 is 1.04 bits per heavy atom. The maximum atomic E-state index is 12.6. The molecule has 0 aliphatic rings. The van der Waals surface area contributed by atoms with Crippen molar-refractivity contribution in [3.05, 3.63) is 62.4 Å². The number of hydrogen-bond acceptors (Lipinski definition) is 2. The van der Waals surface area contributed by atoms with E-state index in [-0.39, 0.29) is 21.3 Å². The fourth-order valence-electron chi connectivity index (χ4n) is 2.33. The van der Waals surface area contributed by atoms with Gasteiger partial charge in [-0.3, -0.25) is 4.79 Å². The first-order chi connectivity index (χ1) is 11.2. The molecule has 0 spiro atoms. The van der Waals surface area contributed by atoms with Gasteiger partial charge in [-0.05, 0) is 24.3 Å². The minimum atomic E-state index is -4.44. The highest BCUT2D eigenvalue weighted by molar-refractivity contribution is 6.42. The molecule has 0 radical (unpaired) electrons. The molecular weight excluding hydrogens is 364 g/mol. The number of fused-ring (bicyclic) bond motifs is 1. The summed E-state index contributed by atoms with van der Waals surface area (Å²) >= 11 is 11.9. The molecule has 0 saturated carbocycles. The third kappa shape index (κ3) is 2.87. The van der Waals surface area contributed by atoms with Gasteiger partial charge in [0.05, 0.1) is 26.6 Å². The lowest BCUT2D eigenvalue weighted by Crippen LogP contribution is -2.20. The molecule has 8 heteroatoms. The second-order valence-electron chi connectivity index (χ2n) is 5.15. The van der Waals surface area contributed by atoms with Gasteiger partial charge in [0.15, 0.2) is 0 Å². The van der Waals surface area contributed by atoms with E-state index in [0.29, 0.717) is 11.0 Å². The number of aromatic nitrogens is 2. The molecule has 0 unspecified atom stereocenters. The Balaban J connectivity index is 2.21. The summed E-state index contributed by atoms with van der Waals surface area (Å²) in [7, 11) is 1.53. The van der Waals surface area contributed by atoms with Crippen molar-refractivity contribution in [2.24, 2.45) is 7.05 Å². The summed E-state index contributed by atoms with van der Waals surface area (Å²) in [6.07, 6.45) is -4.44. The van der Waals surface area contributed by atoms with Crippen molar-refractivity contribution in [2.45, 2.75) is 6.18 Å². The minimum Gasteiger partial charge on any atom is -0.308 e. The molecule has 124 valence electrons. The molecule has 1 aromatic heterocycles. The molecule has 0 aliphatic heterocycles. The second kappa shape index (κ2) is 5.79. The third-order valence-electron chi connectivity index (χ3n) is 3.60. The van der Waals surface area contributed by atoms with E-state index < -0.39 is 17.3 Å². The van der Waals surface area contributed by atoms with Crippen LogP contribution >= 0.6 is 23.2 Å². The van der Waals surface area contributed by atoms with Gasteiger partial charge in [-0.2, -0.15) is 13.2 Å². The summed E-state index contributed by atoms with van der Waals surface area (Å²) in [6.45, 7) is 0. The molecule has 0 bridgehead atoms. The summed E-state index contributed by atoms with van der Waals surface area (Å²) in [5, 5.41) is 0.553. The van der Waals surface area contributed by atoms with E-state index >= 15 is 0 Å². The van der Waals surface area contributed by atoms with Crippen molar-refractivity contribution in [3.63, 3.8) is 0 Å². The normalized spacial score (nSPS) is 11.9. The first-order valence-corrected chi connectivity index (χ1v) is 7.47. The third-order valence-corrected chi connectivity index (χ3v) is 4.33. The van der Waals surface area contributed by atoms with Gasteiger partial charge in [-0.1, -0.05) is 35.3 Å². The Morgan fingerprint density at radius 3 is 2.21 bits per heavy atom. The smallest absolute Gasteiger partial charge is 0.308 e. The van der Waals surface area contributed by atoms with E-state index in [9.17, 15) is 18.0 Å². The first kappa shape index (κ1) is 16.8. The summed E-state index contributed by atoms with van der Waals surface area (Å²) in [5.74, 6) is 0. The SMILES string of the molecule is Cn1c(=O)c(-c2ccc(C(F)(F)F)cc2)nc2cc(Cl)c(Cl)cc21. The highest BCUT2D eigenvalue weighted by Crippen LogP contribution is 2.31.